The standard InChI is InChI=1S/C16H19ClN4O3S/c17-15-8-14(4-3-12(15)9-18)25(23,24)20-6-1-2-13(11-20)21-7-5-19-10-16(21)22/h3-4,8,13,19H,1-2,5-7,10-11H2. The van der Waals surface area contributed by atoms with Gasteiger partial charge in [0.1, 0.15) is 6.07 Å². The number of hydrogen-bond acceptors (Lipinski definition) is 5. The number of halogens is 1. The summed E-state index contributed by atoms with van der Waals surface area (Å²) >= 11 is 5.98. The van der Waals surface area contributed by atoms with Crippen LogP contribution in [0.5, 0.6) is 0 Å². The van der Waals surface area contributed by atoms with Crippen LogP contribution in [0.2, 0.25) is 5.02 Å². The van der Waals surface area contributed by atoms with Gasteiger partial charge in [-0.25, -0.2) is 8.42 Å². The molecule has 1 aromatic rings. The maximum Gasteiger partial charge on any atom is 0.243 e. The minimum atomic E-state index is -3.71. The molecular formula is C16H19ClN4O3S. The highest BCUT2D eigenvalue weighted by atomic mass is 35.5. The molecule has 9 heteroatoms. The Bertz CT molecular complexity index is 821. The fraction of sp³-hybridized carbons (Fsp3) is 0.500. The number of nitrogens with one attached hydrogen (secondary N) is 1. The van der Waals surface area contributed by atoms with Gasteiger partial charge in [0.25, 0.3) is 0 Å². The van der Waals surface area contributed by atoms with Gasteiger partial charge in [0.05, 0.1) is 22.0 Å². The molecule has 3 rings (SSSR count). The normalized spacial score (nSPS) is 22.6. The van der Waals surface area contributed by atoms with E-state index >= 15 is 0 Å². The molecule has 0 radical (unpaired) electrons. The van der Waals surface area contributed by atoms with Crippen molar-refractivity contribution in [1.29, 1.82) is 5.26 Å². The van der Waals surface area contributed by atoms with Gasteiger partial charge in [-0.1, -0.05) is 11.6 Å². The van der Waals surface area contributed by atoms with Gasteiger partial charge in [-0.2, -0.15) is 9.57 Å². The predicted octanol–water partition coefficient (Wildman–Crippen LogP) is 0.797. The molecule has 2 fully saturated rings. The maximum atomic E-state index is 12.9. The number of sulfonamides is 1. The third-order valence-electron chi connectivity index (χ3n) is 4.62. The molecule has 2 saturated heterocycles. The Labute approximate surface area is 152 Å². The minimum absolute atomic E-state index is 0.0110. The zero-order valence-corrected chi connectivity index (χ0v) is 15.2. The van der Waals surface area contributed by atoms with Gasteiger partial charge in [-0.15, -0.1) is 0 Å². The van der Waals surface area contributed by atoms with Crippen LogP contribution in [-0.2, 0) is 14.8 Å². The lowest BCUT2D eigenvalue weighted by Crippen LogP contribution is -2.57. The highest BCUT2D eigenvalue weighted by molar-refractivity contribution is 7.89. The lowest BCUT2D eigenvalue weighted by Gasteiger charge is -2.40. The summed E-state index contributed by atoms with van der Waals surface area (Å²) in [5.74, 6) is 0.0110. The summed E-state index contributed by atoms with van der Waals surface area (Å²) in [7, 11) is -3.71. The third-order valence-corrected chi connectivity index (χ3v) is 6.80. The number of amides is 1. The molecule has 2 heterocycles. The van der Waals surface area contributed by atoms with Crippen molar-refractivity contribution in [3.05, 3.63) is 28.8 Å². The average molecular weight is 383 g/mol. The summed E-state index contributed by atoms with van der Waals surface area (Å²) < 4.78 is 27.2. The van der Waals surface area contributed by atoms with Gasteiger partial charge in [0.15, 0.2) is 0 Å². The molecule has 134 valence electrons. The molecule has 0 aromatic heterocycles. The first-order chi connectivity index (χ1) is 11.9. The van der Waals surface area contributed by atoms with Gasteiger partial charge in [0, 0.05) is 32.2 Å². The Morgan fingerprint density at radius 3 is 2.80 bits per heavy atom. The quantitative estimate of drug-likeness (QED) is 0.834. The van der Waals surface area contributed by atoms with Crippen molar-refractivity contribution in [3.8, 4) is 6.07 Å². The molecular weight excluding hydrogens is 364 g/mol. The fourth-order valence-electron chi connectivity index (χ4n) is 3.30. The molecule has 1 atom stereocenters. The van der Waals surface area contributed by atoms with Crippen molar-refractivity contribution in [3.63, 3.8) is 0 Å². The predicted molar refractivity (Wildman–Crippen MR) is 92.5 cm³/mol. The molecule has 1 unspecified atom stereocenters. The molecule has 2 aliphatic rings. The topological polar surface area (TPSA) is 93.5 Å². The van der Waals surface area contributed by atoms with E-state index in [9.17, 15) is 13.2 Å². The number of nitriles is 1. The Hall–Kier alpha value is -1.66. The highest BCUT2D eigenvalue weighted by Crippen LogP contribution is 2.26. The van der Waals surface area contributed by atoms with Crippen LogP contribution >= 0.6 is 11.6 Å². The van der Waals surface area contributed by atoms with Crippen LogP contribution in [-0.4, -0.2) is 62.3 Å². The summed E-state index contributed by atoms with van der Waals surface area (Å²) in [5, 5.41) is 12.1. The third kappa shape index (κ3) is 3.65. The van der Waals surface area contributed by atoms with Crippen LogP contribution in [0.15, 0.2) is 23.1 Å². The second kappa shape index (κ2) is 7.30. The van der Waals surface area contributed by atoms with E-state index in [0.717, 1.165) is 13.0 Å². The van der Waals surface area contributed by atoms with E-state index in [1.165, 1.54) is 22.5 Å². The number of hydrogen-bond donors (Lipinski definition) is 1. The van der Waals surface area contributed by atoms with Crippen molar-refractivity contribution in [1.82, 2.24) is 14.5 Å². The second-order valence-electron chi connectivity index (χ2n) is 6.18. The monoisotopic (exact) mass is 382 g/mol. The van der Waals surface area contributed by atoms with E-state index < -0.39 is 10.0 Å². The van der Waals surface area contributed by atoms with Gasteiger partial charge < -0.3 is 10.2 Å². The lowest BCUT2D eigenvalue weighted by atomic mass is 10.1. The number of carbonyl (C=O) groups excluding carboxylic acids is 1. The Morgan fingerprint density at radius 1 is 1.32 bits per heavy atom. The summed E-state index contributed by atoms with van der Waals surface area (Å²) in [6.07, 6.45) is 1.50. The minimum Gasteiger partial charge on any atom is -0.336 e. The Kier molecular flexibility index (Phi) is 5.29. The number of piperidine rings is 1. The summed E-state index contributed by atoms with van der Waals surface area (Å²) in [6.45, 7) is 2.32. The Morgan fingerprint density at radius 2 is 2.12 bits per heavy atom. The summed E-state index contributed by atoms with van der Waals surface area (Å²) in [4.78, 5) is 13.9. The van der Waals surface area contributed by atoms with Crippen LogP contribution < -0.4 is 5.32 Å². The van der Waals surface area contributed by atoms with Crippen molar-refractivity contribution >= 4 is 27.5 Å². The van der Waals surface area contributed by atoms with E-state index in [1.807, 2.05) is 6.07 Å². The summed E-state index contributed by atoms with van der Waals surface area (Å²) in [6, 6.07) is 5.94. The first kappa shape index (κ1) is 18.1. The van der Waals surface area contributed by atoms with Gasteiger partial charge in [0.2, 0.25) is 15.9 Å². The van der Waals surface area contributed by atoms with Crippen LogP contribution in [0.3, 0.4) is 0 Å². The molecule has 1 N–H and O–H groups in total. The zero-order chi connectivity index (χ0) is 18.0. The molecule has 0 bridgehead atoms. The number of benzene rings is 1. The fourth-order valence-corrected chi connectivity index (χ4v) is 5.13. The molecule has 2 aliphatic heterocycles. The van der Waals surface area contributed by atoms with E-state index in [-0.39, 0.29) is 34.0 Å². The largest absolute Gasteiger partial charge is 0.336 e. The SMILES string of the molecule is N#Cc1ccc(S(=O)(=O)N2CCCC(N3CCNCC3=O)C2)cc1Cl. The van der Waals surface area contributed by atoms with Crippen molar-refractivity contribution in [2.45, 2.75) is 23.8 Å². The van der Waals surface area contributed by atoms with E-state index in [0.29, 0.717) is 26.1 Å². The molecule has 1 amide bonds. The molecule has 0 saturated carbocycles. The van der Waals surface area contributed by atoms with Crippen LogP contribution in [0, 0.1) is 11.3 Å². The maximum absolute atomic E-state index is 12.9. The first-order valence-electron chi connectivity index (χ1n) is 8.13. The number of carbonyl (C=O) groups is 1. The molecule has 1 aromatic carbocycles. The van der Waals surface area contributed by atoms with E-state index in [4.69, 9.17) is 16.9 Å². The van der Waals surface area contributed by atoms with Gasteiger partial charge >= 0.3 is 0 Å². The first-order valence-corrected chi connectivity index (χ1v) is 9.95. The molecule has 0 aliphatic carbocycles. The summed E-state index contributed by atoms with van der Waals surface area (Å²) in [5.41, 5.74) is 0.239. The van der Waals surface area contributed by atoms with Crippen molar-refractivity contribution in [2.24, 2.45) is 0 Å². The lowest BCUT2D eigenvalue weighted by molar-refractivity contribution is -0.135. The van der Waals surface area contributed by atoms with Crippen LogP contribution in [0.1, 0.15) is 18.4 Å². The number of piperazine rings is 1. The van der Waals surface area contributed by atoms with Gasteiger partial charge in [-0.3, -0.25) is 4.79 Å². The molecule has 25 heavy (non-hydrogen) atoms. The van der Waals surface area contributed by atoms with Crippen molar-refractivity contribution < 1.29 is 13.2 Å². The van der Waals surface area contributed by atoms with Crippen molar-refractivity contribution in [2.75, 3.05) is 32.7 Å². The van der Waals surface area contributed by atoms with E-state index in [2.05, 4.69) is 5.32 Å². The van der Waals surface area contributed by atoms with E-state index in [1.54, 1.807) is 4.90 Å². The highest BCUT2D eigenvalue weighted by Gasteiger charge is 2.35. The number of rotatable bonds is 3. The smallest absolute Gasteiger partial charge is 0.243 e. The molecule has 7 nitrogen and oxygen atoms in total. The average Bonchev–Trinajstić information content (AvgIpc) is 2.62. The zero-order valence-electron chi connectivity index (χ0n) is 13.6. The van der Waals surface area contributed by atoms with Crippen LogP contribution in [0.4, 0.5) is 0 Å². The van der Waals surface area contributed by atoms with Gasteiger partial charge in [-0.05, 0) is 31.0 Å². The number of nitrogens with zero attached hydrogens (tertiary/aromatic N) is 3. The second-order valence-corrected chi connectivity index (χ2v) is 8.52. The van der Waals surface area contributed by atoms with Crippen LogP contribution in [0.25, 0.3) is 0 Å². The molecule has 0 spiro atoms. The Balaban J connectivity index is 1.81.